The average Bonchev–Trinajstić information content (AvgIpc) is 2.76. The number of hydrogen-bond donors (Lipinski definition) is 1. The van der Waals surface area contributed by atoms with Crippen LogP contribution in [-0.4, -0.2) is 17.0 Å². The van der Waals surface area contributed by atoms with Crippen LogP contribution in [0.4, 0.5) is 0 Å². The molecule has 3 unspecified atom stereocenters. The Morgan fingerprint density at radius 3 is 2.76 bits per heavy atom. The monoisotopic (exact) mass is 286 g/mol. The minimum Gasteiger partial charge on any atom is -0.393 e. The zero-order chi connectivity index (χ0) is 14.8. The van der Waals surface area contributed by atoms with Crippen molar-refractivity contribution < 1.29 is 9.90 Å². The van der Waals surface area contributed by atoms with Gasteiger partial charge >= 0.3 is 0 Å². The summed E-state index contributed by atoms with van der Waals surface area (Å²) in [6.45, 7) is 4.66. The predicted octanol–water partition coefficient (Wildman–Crippen LogP) is 3.66. The molecule has 3 saturated carbocycles. The van der Waals surface area contributed by atoms with Crippen molar-refractivity contribution in [1.29, 1.82) is 0 Å². The number of carbonyl (C=O) groups is 1. The van der Waals surface area contributed by atoms with E-state index in [4.69, 9.17) is 0 Å². The molecule has 0 heterocycles. The summed E-state index contributed by atoms with van der Waals surface area (Å²) in [6, 6.07) is 0. The smallest absolute Gasteiger partial charge is 0.178 e. The first-order valence-electron chi connectivity index (χ1n) is 8.57. The maximum absolute atomic E-state index is 11.7. The quantitative estimate of drug-likeness (QED) is 0.738. The lowest BCUT2D eigenvalue weighted by atomic mass is 9.48. The number of aliphatic hydroxyl groups excluding tert-OH is 1. The molecule has 21 heavy (non-hydrogen) atoms. The molecule has 4 aliphatic rings. The van der Waals surface area contributed by atoms with Gasteiger partial charge in [-0.25, -0.2) is 0 Å². The molecule has 1 N–H and O–H groups in total. The molecule has 0 amide bonds. The highest BCUT2D eigenvalue weighted by Crippen LogP contribution is 2.64. The van der Waals surface area contributed by atoms with Crippen molar-refractivity contribution in [2.24, 2.45) is 28.6 Å². The molecule has 0 aromatic carbocycles. The lowest BCUT2D eigenvalue weighted by Crippen LogP contribution is -2.50. The Balaban J connectivity index is 1.70. The van der Waals surface area contributed by atoms with E-state index in [9.17, 15) is 9.90 Å². The van der Waals surface area contributed by atoms with Crippen LogP contribution >= 0.6 is 0 Å². The molecule has 3 fully saturated rings. The fraction of sp³-hybridized carbons (Fsp3) is 0.737. The second-order valence-corrected chi connectivity index (χ2v) is 8.24. The van der Waals surface area contributed by atoms with Gasteiger partial charge in [-0.2, -0.15) is 0 Å². The molecular weight excluding hydrogens is 260 g/mol. The molecule has 4 aliphatic carbocycles. The fourth-order valence-corrected chi connectivity index (χ4v) is 6.17. The van der Waals surface area contributed by atoms with Crippen LogP contribution in [0, 0.1) is 28.6 Å². The highest BCUT2D eigenvalue weighted by atomic mass is 16.3. The Labute approximate surface area is 127 Å². The van der Waals surface area contributed by atoms with Gasteiger partial charge in [0.2, 0.25) is 0 Å². The van der Waals surface area contributed by atoms with Gasteiger partial charge in [0.1, 0.15) is 0 Å². The zero-order valence-corrected chi connectivity index (χ0v) is 13.1. The fourth-order valence-electron chi connectivity index (χ4n) is 6.17. The Bertz CT molecular complexity index is 546. The molecule has 0 aromatic heterocycles. The van der Waals surface area contributed by atoms with E-state index in [0.29, 0.717) is 11.8 Å². The number of fused-ring (bicyclic) bond motifs is 5. The molecule has 114 valence electrons. The molecule has 0 saturated heterocycles. The Hall–Kier alpha value is -0.890. The number of hydrogen-bond acceptors (Lipinski definition) is 2. The van der Waals surface area contributed by atoms with Crippen LogP contribution in [0.15, 0.2) is 23.8 Å². The van der Waals surface area contributed by atoms with Gasteiger partial charge in [0.25, 0.3) is 0 Å². The van der Waals surface area contributed by atoms with Crippen molar-refractivity contribution in [2.45, 2.75) is 58.5 Å². The maximum Gasteiger partial charge on any atom is 0.178 e. The predicted molar refractivity (Wildman–Crippen MR) is 82.6 cm³/mol. The molecule has 0 aromatic rings. The SMILES string of the molecule is C[C@]12C=CC(=O)C=C1CCC1C2CC[C@@]2(C)C1CC[C@@H]2O. The van der Waals surface area contributed by atoms with Crippen molar-refractivity contribution in [3.63, 3.8) is 0 Å². The van der Waals surface area contributed by atoms with Gasteiger partial charge in [-0.05, 0) is 73.8 Å². The van der Waals surface area contributed by atoms with E-state index in [2.05, 4.69) is 19.9 Å². The van der Waals surface area contributed by atoms with Gasteiger partial charge in [0.15, 0.2) is 5.78 Å². The van der Waals surface area contributed by atoms with E-state index < -0.39 is 0 Å². The summed E-state index contributed by atoms with van der Waals surface area (Å²) < 4.78 is 0. The Morgan fingerprint density at radius 2 is 1.95 bits per heavy atom. The Kier molecular flexibility index (Phi) is 2.83. The van der Waals surface area contributed by atoms with E-state index in [1.54, 1.807) is 6.08 Å². The van der Waals surface area contributed by atoms with E-state index in [1.165, 1.54) is 24.8 Å². The molecule has 6 atom stereocenters. The van der Waals surface area contributed by atoms with Gasteiger partial charge in [0, 0.05) is 5.41 Å². The molecule has 2 heteroatoms. The minimum absolute atomic E-state index is 0.0890. The van der Waals surface area contributed by atoms with Crippen LogP contribution in [0.25, 0.3) is 0 Å². The molecule has 0 spiro atoms. The molecule has 0 bridgehead atoms. The van der Waals surface area contributed by atoms with Crippen molar-refractivity contribution in [1.82, 2.24) is 0 Å². The summed E-state index contributed by atoms with van der Waals surface area (Å²) in [5.41, 5.74) is 1.59. The number of rotatable bonds is 0. The third-order valence-electron chi connectivity index (χ3n) is 7.51. The minimum atomic E-state index is -0.100. The summed E-state index contributed by atoms with van der Waals surface area (Å²) in [6.07, 6.45) is 12.6. The van der Waals surface area contributed by atoms with Gasteiger partial charge in [-0.15, -0.1) is 0 Å². The first-order chi connectivity index (χ1) is 9.95. The maximum atomic E-state index is 11.7. The largest absolute Gasteiger partial charge is 0.393 e. The molecule has 0 radical (unpaired) electrons. The normalized spacial score (nSPS) is 52.0. The van der Waals surface area contributed by atoms with Gasteiger partial charge in [-0.3, -0.25) is 4.79 Å². The van der Waals surface area contributed by atoms with Gasteiger partial charge in [0.05, 0.1) is 6.10 Å². The summed E-state index contributed by atoms with van der Waals surface area (Å²) in [5.74, 6) is 2.22. The van der Waals surface area contributed by atoms with Crippen LogP contribution in [0.5, 0.6) is 0 Å². The first-order valence-corrected chi connectivity index (χ1v) is 8.57. The van der Waals surface area contributed by atoms with Crippen LogP contribution in [0.1, 0.15) is 52.4 Å². The van der Waals surface area contributed by atoms with Crippen molar-refractivity contribution in [3.8, 4) is 0 Å². The van der Waals surface area contributed by atoms with E-state index in [-0.39, 0.29) is 22.7 Å². The van der Waals surface area contributed by atoms with Crippen LogP contribution < -0.4 is 0 Å². The number of ketones is 1. The second-order valence-electron chi connectivity index (χ2n) is 8.24. The summed E-state index contributed by atoms with van der Waals surface area (Å²) in [7, 11) is 0. The third kappa shape index (κ3) is 1.72. The number of carbonyl (C=O) groups excluding carboxylic acids is 1. The van der Waals surface area contributed by atoms with E-state index in [1.807, 2.05) is 6.08 Å². The van der Waals surface area contributed by atoms with E-state index >= 15 is 0 Å². The van der Waals surface area contributed by atoms with E-state index in [0.717, 1.165) is 25.2 Å². The van der Waals surface area contributed by atoms with Gasteiger partial charge in [-0.1, -0.05) is 25.5 Å². The number of aliphatic hydroxyl groups is 1. The van der Waals surface area contributed by atoms with Crippen molar-refractivity contribution in [2.75, 3.05) is 0 Å². The van der Waals surface area contributed by atoms with Crippen LogP contribution in [0.2, 0.25) is 0 Å². The topological polar surface area (TPSA) is 37.3 Å². The van der Waals surface area contributed by atoms with Crippen molar-refractivity contribution in [3.05, 3.63) is 23.8 Å². The standard InChI is InChI=1S/C19H26O2/c1-18-9-7-13(20)11-12(18)3-4-14-15-5-6-17(21)19(15,2)10-8-16(14)18/h7,9,11,14-17,21H,3-6,8,10H2,1-2H3/t14?,15?,16?,17-,18-,19-/m0/s1. The van der Waals surface area contributed by atoms with Crippen LogP contribution in [-0.2, 0) is 4.79 Å². The third-order valence-corrected chi connectivity index (χ3v) is 7.51. The first kappa shape index (κ1) is 13.8. The van der Waals surface area contributed by atoms with Crippen molar-refractivity contribution >= 4 is 5.78 Å². The lowest BCUT2D eigenvalue weighted by Gasteiger charge is -2.56. The highest BCUT2D eigenvalue weighted by Gasteiger charge is 2.58. The zero-order valence-electron chi connectivity index (χ0n) is 13.1. The summed E-state index contributed by atoms with van der Waals surface area (Å²) in [5, 5.41) is 10.4. The molecular formula is C19H26O2. The molecule has 2 nitrogen and oxygen atoms in total. The highest BCUT2D eigenvalue weighted by molar-refractivity contribution is 6.01. The Morgan fingerprint density at radius 1 is 1.14 bits per heavy atom. The molecule has 4 rings (SSSR count). The van der Waals surface area contributed by atoms with Crippen LogP contribution in [0.3, 0.4) is 0 Å². The molecule has 0 aliphatic heterocycles. The summed E-state index contributed by atoms with van der Waals surface area (Å²) in [4.78, 5) is 11.7. The summed E-state index contributed by atoms with van der Waals surface area (Å²) >= 11 is 0. The number of allylic oxidation sites excluding steroid dienone is 4. The lowest BCUT2D eigenvalue weighted by molar-refractivity contribution is -0.111. The average molecular weight is 286 g/mol. The van der Waals surface area contributed by atoms with Gasteiger partial charge < -0.3 is 5.11 Å². The second kappa shape index (κ2) is 4.32.